The molecule has 1 aliphatic heterocycles. The third-order valence-corrected chi connectivity index (χ3v) is 4.08. The Morgan fingerprint density at radius 2 is 2.00 bits per heavy atom. The van der Waals surface area contributed by atoms with Crippen molar-refractivity contribution in [2.24, 2.45) is 0 Å². The van der Waals surface area contributed by atoms with Gasteiger partial charge in [-0.25, -0.2) is 4.98 Å². The van der Waals surface area contributed by atoms with E-state index in [-0.39, 0.29) is 11.7 Å². The quantitative estimate of drug-likeness (QED) is 0.850. The van der Waals surface area contributed by atoms with Gasteiger partial charge in [0.2, 0.25) is 5.82 Å². The van der Waals surface area contributed by atoms with Crippen molar-refractivity contribution in [1.29, 1.82) is 0 Å². The second-order valence-electron chi connectivity index (χ2n) is 5.83. The van der Waals surface area contributed by atoms with Gasteiger partial charge in [0.25, 0.3) is 5.91 Å². The molecule has 6 nitrogen and oxygen atoms in total. The summed E-state index contributed by atoms with van der Waals surface area (Å²) in [7, 11) is 0. The lowest BCUT2D eigenvalue weighted by atomic mass is 10.2. The molecule has 20 heavy (non-hydrogen) atoms. The van der Waals surface area contributed by atoms with Crippen molar-refractivity contribution >= 4 is 5.91 Å². The van der Waals surface area contributed by atoms with Gasteiger partial charge in [-0.05, 0) is 38.8 Å². The fraction of sp³-hybridized carbons (Fsp3) is 0.786. The number of carbonyl (C=O) groups is 1. The molecule has 0 atom stereocenters. The molecule has 0 bridgehead atoms. The first-order valence-corrected chi connectivity index (χ1v) is 7.76. The summed E-state index contributed by atoms with van der Waals surface area (Å²) in [5.74, 6) is 1.48. The van der Waals surface area contributed by atoms with Crippen molar-refractivity contribution in [1.82, 2.24) is 25.4 Å². The minimum absolute atomic E-state index is 0.164. The lowest BCUT2D eigenvalue weighted by Crippen LogP contribution is -2.35. The highest BCUT2D eigenvalue weighted by atomic mass is 16.2. The molecule has 2 N–H and O–H groups in total. The highest BCUT2D eigenvalue weighted by Gasteiger charge is 2.28. The molecular formula is C14H23N5O. The summed E-state index contributed by atoms with van der Waals surface area (Å²) >= 11 is 0. The highest BCUT2D eigenvalue weighted by Crippen LogP contribution is 2.37. The molecule has 1 amide bonds. The number of H-pyrrole nitrogens is 1. The van der Waals surface area contributed by atoms with Gasteiger partial charge in [0.15, 0.2) is 0 Å². The Labute approximate surface area is 119 Å². The molecule has 6 heteroatoms. The minimum atomic E-state index is -0.164. The molecular weight excluding hydrogens is 254 g/mol. The van der Waals surface area contributed by atoms with Crippen LogP contribution in [0.4, 0.5) is 0 Å². The predicted octanol–water partition coefficient (Wildman–Crippen LogP) is 1.29. The molecule has 2 heterocycles. The molecule has 0 aromatic carbocycles. The van der Waals surface area contributed by atoms with Crippen molar-refractivity contribution in [2.45, 2.75) is 44.4 Å². The van der Waals surface area contributed by atoms with Crippen molar-refractivity contribution in [3.63, 3.8) is 0 Å². The Bertz CT molecular complexity index is 446. The highest BCUT2D eigenvalue weighted by molar-refractivity contribution is 5.90. The molecule has 2 aliphatic rings. The predicted molar refractivity (Wildman–Crippen MR) is 75.6 cm³/mol. The topological polar surface area (TPSA) is 73.9 Å². The van der Waals surface area contributed by atoms with Gasteiger partial charge >= 0.3 is 0 Å². The van der Waals surface area contributed by atoms with E-state index in [1.807, 2.05) is 0 Å². The number of likely N-dealkylation sites (tertiary alicyclic amines) is 1. The Balaban J connectivity index is 1.41. The number of nitrogens with one attached hydrogen (secondary N) is 2. The maximum absolute atomic E-state index is 11.9. The van der Waals surface area contributed by atoms with E-state index in [0.29, 0.717) is 12.5 Å². The Morgan fingerprint density at radius 1 is 1.25 bits per heavy atom. The number of hydrogen-bond donors (Lipinski definition) is 2. The molecule has 1 saturated heterocycles. The summed E-state index contributed by atoms with van der Waals surface area (Å²) in [4.78, 5) is 18.6. The Morgan fingerprint density at radius 3 is 2.70 bits per heavy atom. The van der Waals surface area contributed by atoms with Crippen LogP contribution in [0.3, 0.4) is 0 Å². The van der Waals surface area contributed by atoms with Crippen molar-refractivity contribution in [3.05, 3.63) is 11.6 Å². The number of amides is 1. The second-order valence-corrected chi connectivity index (χ2v) is 5.83. The van der Waals surface area contributed by atoms with Crippen LogP contribution < -0.4 is 5.32 Å². The van der Waals surface area contributed by atoms with Crippen LogP contribution in [0.25, 0.3) is 0 Å². The van der Waals surface area contributed by atoms with Crippen LogP contribution in [0.5, 0.6) is 0 Å². The summed E-state index contributed by atoms with van der Waals surface area (Å²) in [5.41, 5.74) is 0. The fourth-order valence-electron chi connectivity index (χ4n) is 2.68. The largest absolute Gasteiger partial charge is 0.348 e. The van der Waals surface area contributed by atoms with E-state index in [2.05, 4.69) is 25.4 Å². The zero-order chi connectivity index (χ0) is 13.8. The molecule has 0 unspecified atom stereocenters. The molecule has 1 aliphatic carbocycles. The molecule has 1 aromatic heterocycles. The van der Waals surface area contributed by atoms with E-state index in [1.165, 1.54) is 25.7 Å². The second kappa shape index (κ2) is 6.35. The summed E-state index contributed by atoms with van der Waals surface area (Å²) < 4.78 is 0. The van der Waals surface area contributed by atoms with Crippen molar-refractivity contribution in [3.8, 4) is 0 Å². The number of carbonyl (C=O) groups excluding carboxylic acids is 1. The number of hydrogen-bond acceptors (Lipinski definition) is 4. The van der Waals surface area contributed by atoms with Crippen LogP contribution in [-0.4, -0.2) is 52.2 Å². The monoisotopic (exact) mass is 277 g/mol. The normalized spacial score (nSPS) is 20.6. The van der Waals surface area contributed by atoms with Gasteiger partial charge in [-0.3, -0.25) is 9.89 Å². The third-order valence-electron chi connectivity index (χ3n) is 4.08. The number of aromatic amines is 1. The van der Waals surface area contributed by atoms with E-state index < -0.39 is 0 Å². The van der Waals surface area contributed by atoms with Gasteiger partial charge in [0, 0.05) is 19.0 Å². The maximum atomic E-state index is 11.9. The molecule has 1 aromatic rings. The Kier molecular flexibility index (Phi) is 4.30. The van der Waals surface area contributed by atoms with Crippen LogP contribution in [0.15, 0.2) is 0 Å². The van der Waals surface area contributed by atoms with Gasteiger partial charge in [0.1, 0.15) is 5.82 Å². The summed E-state index contributed by atoms with van der Waals surface area (Å²) in [6.07, 6.45) is 7.55. The van der Waals surface area contributed by atoms with Gasteiger partial charge in [-0.15, -0.1) is 5.10 Å². The molecule has 3 rings (SSSR count). The molecule has 1 saturated carbocycles. The van der Waals surface area contributed by atoms with E-state index in [1.54, 1.807) is 0 Å². The third kappa shape index (κ3) is 3.56. The minimum Gasteiger partial charge on any atom is -0.348 e. The molecule has 0 spiro atoms. The van der Waals surface area contributed by atoms with Gasteiger partial charge in [-0.2, -0.15) is 0 Å². The lowest BCUT2D eigenvalue weighted by molar-refractivity contribution is 0.0938. The average Bonchev–Trinajstić information content (AvgIpc) is 3.23. The summed E-state index contributed by atoms with van der Waals surface area (Å²) in [6.45, 7) is 3.91. The first-order chi connectivity index (χ1) is 9.83. The Hall–Kier alpha value is -1.43. The zero-order valence-corrected chi connectivity index (χ0v) is 11.9. The fourth-order valence-corrected chi connectivity index (χ4v) is 2.68. The zero-order valence-electron chi connectivity index (χ0n) is 11.9. The van der Waals surface area contributed by atoms with Gasteiger partial charge < -0.3 is 10.2 Å². The van der Waals surface area contributed by atoms with Gasteiger partial charge in [0.05, 0.1) is 0 Å². The maximum Gasteiger partial charge on any atom is 0.291 e. The summed E-state index contributed by atoms with van der Waals surface area (Å²) in [5, 5.41) is 9.77. The lowest BCUT2D eigenvalue weighted by Gasteiger charge is -2.19. The van der Waals surface area contributed by atoms with Crippen LogP contribution in [0, 0.1) is 0 Å². The number of rotatable bonds is 5. The first-order valence-electron chi connectivity index (χ1n) is 7.76. The van der Waals surface area contributed by atoms with E-state index in [0.717, 1.165) is 38.3 Å². The van der Waals surface area contributed by atoms with E-state index in [9.17, 15) is 4.79 Å². The SMILES string of the molecule is O=C(NCCN1CCCCCC1)c1n[nH]c(C2CC2)n1. The molecule has 0 radical (unpaired) electrons. The molecule has 110 valence electrons. The van der Waals surface area contributed by atoms with E-state index >= 15 is 0 Å². The van der Waals surface area contributed by atoms with Crippen LogP contribution >= 0.6 is 0 Å². The van der Waals surface area contributed by atoms with Crippen LogP contribution in [-0.2, 0) is 0 Å². The first kappa shape index (κ1) is 13.5. The number of nitrogens with zero attached hydrogens (tertiary/aromatic N) is 3. The smallest absolute Gasteiger partial charge is 0.291 e. The average molecular weight is 277 g/mol. The number of aromatic nitrogens is 3. The molecule has 2 fully saturated rings. The van der Waals surface area contributed by atoms with Crippen molar-refractivity contribution < 1.29 is 4.79 Å². The van der Waals surface area contributed by atoms with Crippen LogP contribution in [0.2, 0.25) is 0 Å². The van der Waals surface area contributed by atoms with Gasteiger partial charge in [-0.1, -0.05) is 12.8 Å². The van der Waals surface area contributed by atoms with E-state index in [4.69, 9.17) is 0 Å². The van der Waals surface area contributed by atoms with Crippen LogP contribution in [0.1, 0.15) is 60.9 Å². The van der Waals surface area contributed by atoms with Crippen molar-refractivity contribution in [2.75, 3.05) is 26.2 Å². The standard InChI is InChI=1S/C14H23N5O/c20-14(13-16-12(17-18-13)11-5-6-11)15-7-10-19-8-3-1-2-4-9-19/h11H,1-10H2,(H,15,20)(H,16,17,18). The summed E-state index contributed by atoms with van der Waals surface area (Å²) in [6, 6.07) is 0.